The second-order valence-electron chi connectivity index (χ2n) is 5.25. The number of likely N-dealkylation sites (N-methyl/N-ethyl adjacent to an activating group) is 1. The zero-order valence-electron chi connectivity index (χ0n) is 11.4. The summed E-state index contributed by atoms with van der Waals surface area (Å²) in [7, 11) is 2.13. The fraction of sp³-hybridized carbons (Fsp3) is 0.600. The van der Waals surface area contributed by atoms with Gasteiger partial charge in [0, 0.05) is 25.2 Å². The minimum absolute atomic E-state index is 0.0533. The number of nitrogens with two attached hydrogens (primary N) is 1. The molecule has 18 heavy (non-hydrogen) atoms. The van der Waals surface area contributed by atoms with Crippen molar-refractivity contribution in [1.82, 2.24) is 4.90 Å². The Morgan fingerprint density at radius 3 is 2.72 bits per heavy atom. The van der Waals surface area contributed by atoms with E-state index >= 15 is 0 Å². The van der Waals surface area contributed by atoms with Gasteiger partial charge in [0.25, 0.3) is 0 Å². The molecule has 1 saturated heterocycles. The number of hydrogen-bond donors (Lipinski definition) is 1. The molecule has 0 radical (unpaired) electrons. The van der Waals surface area contributed by atoms with Gasteiger partial charge in [-0.2, -0.15) is 0 Å². The van der Waals surface area contributed by atoms with Gasteiger partial charge in [-0.05, 0) is 32.4 Å². The molecule has 0 aromatic heterocycles. The normalized spacial score (nSPS) is 23.2. The van der Waals surface area contributed by atoms with E-state index in [4.69, 9.17) is 10.5 Å². The van der Waals surface area contributed by atoms with E-state index in [-0.39, 0.29) is 6.04 Å². The van der Waals surface area contributed by atoms with Crippen molar-refractivity contribution in [3.8, 4) is 0 Å². The smallest absolute Gasteiger partial charge is 0.0702 e. The topological polar surface area (TPSA) is 38.5 Å². The van der Waals surface area contributed by atoms with E-state index in [9.17, 15) is 0 Å². The van der Waals surface area contributed by atoms with Crippen LogP contribution in [0.15, 0.2) is 30.3 Å². The molecule has 0 bridgehead atoms. The fourth-order valence-electron chi connectivity index (χ4n) is 2.50. The Kier molecular flexibility index (Phi) is 4.75. The predicted octanol–water partition coefficient (Wildman–Crippen LogP) is 2.19. The molecule has 1 aliphatic heterocycles. The van der Waals surface area contributed by atoms with Gasteiger partial charge in [0.15, 0.2) is 0 Å². The predicted molar refractivity (Wildman–Crippen MR) is 74.4 cm³/mol. The highest BCUT2D eigenvalue weighted by atomic mass is 16.5. The molecule has 1 aliphatic rings. The van der Waals surface area contributed by atoms with E-state index in [1.165, 1.54) is 18.4 Å². The first kappa shape index (κ1) is 13.5. The van der Waals surface area contributed by atoms with Gasteiger partial charge >= 0.3 is 0 Å². The lowest BCUT2D eigenvalue weighted by Crippen LogP contribution is -2.41. The highest BCUT2D eigenvalue weighted by Crippen LogP contribution is 2.20. The Hall–Kier alpha value is -0.900. The molecule has 3 heteroatoms. The van der Waals surface area contributed by atoms with E-state index < -0.39 is 0 Å². The Balaban J connectivity index is 1.91. The van der Waals surface area contributed by atoms with Gasteiger partial charge in [-0.3, -0.25) is 4.90 Å². The van der Waals surface area contributed by atoms with Crippen molar-refractivity contribution in [2.24, 2.45) is 5.73 Å². The van der Waals surface area contributed by atoms with E-state index in [2.05, 4.69) is 31.0 Å². The second-order valence-corrected chi connectivity index (χ2v) is 5.25. The van der Waals surface area contributed by atoms with Crippen LogP contribution in [0.5, 0.6) is 0 Å². The summed E-state index contributed by atoms with van der Waals surface area (Å²) in [6.45, 7) is 4.08. The van der Waals surface area contributed by atoms with Crippen LogP contribution in [0.2, 0.25) is 0 Å². The van der Waals surface area contributed by atoms with E-state index in [0.717, 1.165) is 13.2 Å². The maximum atomic E-state index is 6.33. The molecule has 0 saturated carbocycles. The molecule has 3 unspecified atom stereocenters. The quantitative estimate of drug-likeness (QED) is 0.868. The first-order chi connectivity index (χ1) is 8.68. The van der Waals surface area contributed by atoms with Crippen LogP contribution in [-0.4, -0.2) is 37.2 Å². The van der Waals surface area contributed by atoms with Gasteiger partial charge < -0.3 is 10.5 Å². The second kappa shape index (κ2) is 6.32. The molecule has 100 valence electrons. The number of rotatable bonds is 5. The van der Waals surface area contributed by atoms with Gasteiger partial charge in [-0.1, -0.05) is 30.3 Å². The van der Waals surface area contributed by atoms with Crippen LogP contribution in [0.3, 0.4) is 0 Å². The third-order valence-corrected chi connectivity index (χ3v) is 3.92. The number of ether oxygens (including phenoxy) is 1. The fourth-order valence-corrected chi connectivity index (χ4v) is 2.50. The molecule has 1 heterocycles. The van der Waals surface area contributed by atoms with Crippen LogP contribution in [0.25, 0.3) is 0 Å². The first-order valence-corrected chi connectivity index (χ1v) is 6.81. The molecule has 2 rings (SSSR count). The van der Waals surface area contributed by atoms with Gasteiger partial charge in [-0.25, -0.2) is 0 Å². The molecule has 2 N–H and O–H groups in total. The van der Waals surface area contributed by atoms with Gasteiger partial charge in [-0.15, -0.1) is 0 Å². The molecule has 3 atom stereocenters. The Morgan fingerprint density at radius 2 is 2.11 bits per heavy atom. The van der Waals surface area contributed by atoms with Crippen molar-refractivity contribution in [2.45, 2.75) is 38.0 Å². The van der Waals surface area contributed by atoms with Crippen LogP contribution >= 0.6 is 0 Å². The van der Waals surface area contributed by atoms with Crippen LogP contribution in [0.1, 0.15) is 31.4 Å². The Labute approximate surface area is 110 Å². The summed E-state index contributed by atoms with van der Waals surface area (Å²) in [4.78, 5) is 2.31. The number of hydrogen-bond acceptors (Lipinski definition) is 3. The van der Waals surface area contributed by atoms with Gasteiger partial charge in [0.05, 0.1) is 6.10 Å². The minimum atomic E-state index is 0.0533. The third-order valence-electron chi connectivity index (χ3n) is 3.92. The van der Waals surface area contributed by atoms with Crippen LogP contribution in [0, 0.1) is 0 Å². The molecule has 0 amide bonds. The SMILES string of the molecule is CC(C(N)c1ccccc1)N(C)CC1CCCO1. The molecule has 0 spiro atoms. The summed E-state index contributed by atoms with van der Waals surface area (Å²) >= 11 is 0. The third kappa shape index (κ3) is 3.31. The van der Waals surface area contributed by atoms with E-state index in [1.54, 1.807) is 0 Å². The molecular formula is C15H24N2O. The molecule has 1 aromatic rings. The maximum absolute atomic E-state index is 6.33. The monoisotopic (exact) mass is 248 g/mol. The summed E-state index contributed by atoms with van der Waals surface area (Å²) in [5, 5.41) is 0. The van der Waals surface area contributed by atoms with Crippen molar-refractivity contribution in [3.05, 3.63) is 35.9 Å². The van der Waals surface area contributed by atoms with Crippen LogP contribution in [-0.2, 0) is 4.74 Å². The zero-order valence-corrected chi connectivity index (χ0v) is 11.4. The van der Waals surface area contributed by atoms with Crippen molar-refractivity contribution < 1.29 is 4.74 Å². The van der Waals surface area contributed by atoms with Crippen molar-refractivity contribution in [2.75, 3.05) is 20.2 Å². The summed E-state index contributed by atoms with van der Waals surface area (Å²) in [5.74, 6) is 0. The van der Waals surface area contributed by atoms with Gasteiger partial charge in [0.1, 0.15) is 0 Å². The van der Waals surface area contributed by atoms with Crippen molar-refractivity contribution in [1.29, 1.82) is 0 Å². The Bertz CT molecular complexity index is 349. The lowest BCUT2D eigenvalue weighted by Gasteiger charge is -2.31. The summed E-state index contributed by atoms with van der Waals surface area (Å²) in [6, 6.07) is 10.7. The summed E-state index contributed by atoms with van der Waals surface area (Å²) in [5.41, 5.74) is 7.53. The first-order valence-electron chi connectivity index (χ1n) is 6.81. The lowest BCUT2D eigenvalue weighted by atomic mass is 10.0. The highest BCUT2D eigenvalue weighted by Gasteiger charge is 2.23. The van der Waals surface area contributed by atoms with Crippen molar-refractivity contribution in [3.63, 3.8) is 0 Å². The van der Waals surface area contributed by atoms with E-state index in [0.29, 0.717) is 12.1 Å². The minimum Gasteiger partial charge on any atom is -0.377 e. The maximum Gasteiger partial charge on any atom is 0.0702 e. The molecule has 0 aliphatic carbocycles. The summed E-state index contributed by atoms with van der Waals surface area (Å²) < 4.78 is 5.68. The average molecular weight is 248 g/mol. The number of benzene rings is 1. The largest absolute Gasteiger partial charge is 0.377 e. The van der Waals surface area contributed by atoms with Crippen molar-refractivity contribution >= 4 is 0 Å². The van der Waals surface area contributed by atoms with Crippen LogP contribution < -0.4 is 5.73 Å². The highest BCUT2D eigenvalue weighted by molar-refractivity contribution is 5.19. The van der Waals surface area contributed by atoms with Gasteiger partial charge in [0.2, 0.25) is 0 Å². The Morgan fingerprint density at radius 1 is 1.39 bits per heavy atom. The molecule has 1 aromatic carbocycles. The molecule has 1 fully saturated rings. The zero-order chi connectivity index (χ0) is 13.0. The molecule has 3 nitrogen and oxygen atoms in total. The average Bonchev–Trinajstić information content (AvgIpc) is 2.91. The molecular weight excluding hydrogens is 224 g/mol. The lowest BCUT2D eigenvalue weighted by molar-refractivity contribution is 0.0664. The number of nitrogens with zero attached hydrogens (tertiary/aromatic N) is 1. The standard InChI is InChI=1S/C15H24N2O/c1-12(15(16)13-7-4-3-5-8-13)17(2)11-14-9-6-10-18-14/h3-5,7-8,12,14-15H,6,9-11,16H2,1-2H3. The van der Waals surface area contributed by atoms with Crippen LogP contribution in [0.4, 0.5) is 0 Å². The van der Waals surface area contributed by atoms with E-state index in [1.807, 2.05) is 18.2 Å². The summed E-state index contributed by atoms with van der Waals surface area (Å²) in [6.07, 6.45) is 2.76.